The van der Waals surface area contributed by atoms with E-state index in [2.05, 4.69) is 6.92 Å². The van der Waals surface area contributed by atoms with E-state index >= 15 is 0 Å². The molecule has 0 aromatic heterocycles. The molecule has 0 heterocycles. The average molecular weight is 551 g/mol. The lowest BCUT2D eigenvalue weighted by Gasteiger charge is -2.11. The molecular weight excluding hydrogens is 512 g/mol. The van der Waals surface area contributed by atoms with E-state index in [1.807, 2.05) is 50.2 Å². The van der Waals surface area contributed by atoms with Crippen molar-refractivity contribution in [3.05, 3.63) is 82.9 Å². The van der Waals surface area contributed by atoms with Crippen molar-refractivity contribution >= 4 is 23.5 Å². The van der Waals surface area contributed by atoms with Crippen LogP contribution in [0.25, 0.3) is 11.1 Å². The van der Waals surface area contributed by atoms with Crippen molar-refractivity contribution < 1.29 is 23.8 Å². The van der Waals surface area contributed by atoms with Crippen LogP contribution in [0.3, 0.4) is 0 Å². The van der Waals surface area contributed by atoms with Gasteiger partial charge in [0.2, 0.25) is 0 Å². The molecule has 3 aromatic carbocycles. The van der Waals surface area contributed by atoms with Crippen LogP contribution in [0.2, 0.25) is 5.02 Å². The van der Waals surface area contributed by atoms with Gasteiger partial charge in [-0.05, 0) is 59.9 Å². The van der Waals surface area contributed by atoms with Gasteiger partial charge in [0, 0.05) is 6.07 Å². The molecule has 1 unspecified atom stereocenters. The van der Waals surface area contributed by atoms with Crippen LogP contribution >= 0.6 is 11.6 Å². The minimum absolute atomic E-state index is 0.171. The van der Waals surface area contributed by atoms with Gasteiger partial charge in [-0.15, -0.1) is 0 Å². The summed E-state index contributed by atoms with van der Waals surface area (Å²) in [7, 11) is 0. The second-order valence-corrected chi connectivity index (χ2v) is 10.3. The van der Waals surface area contributed by atoms with Crippen molar-refractivity contribution in [3.63, 3.8) is 0 Å². The predicted molar refractivity (Wildman–Crippen MR) is 157 cm³/mol. The summed E-state index contributed by atoms with van der Waals surface area (Å²) >= 11 is 6.26. The van der Waals surface area contributed by atoms with E-state index in [4.69, 9.17) is 25.8 Å². The number of unbranched alkanes of at least 4 members (excludes halogenated alkanes) is 5. The number of ether oxygens (including phenoxy) is 3. The monoisotopic (exact) mass is 550 g/mol. The number of carbonyl (C=O) groups is 2. The van der Waals surface area contributed by atoms with Gasteiger partial charge in [0.1, 0.15) is 11.5 Å². The highest BCUT2D eigenvalue weighted by Gasteiger charge is 2.16. The van der Waals surface area contributed by atoms with Gasteiger partial charge in [0.05, 0.1) is 29.4 Å². The molecule has 208 valence electrons. The highest BCUT2D eigenvalue weighted by atomic mass is 35.5. The number of benzene rings is 3. The number of halogens is 1. The maximum absolute atomic E-state index is 12.7. The average Bonchev–Trinajstić information content (AvgIpc) is 2.95. The normalized spacial score (nSPS) is 11.6. The van der Waals surface area contributed by atoms with Crippen LogP contribution in [-0.4, -0.2) is 25.2 Å². The van der Waals surface area contributed by atoms with Gasteiger partial charge in [-0.25, -0.2) is 9.59 Å². The standard InChI is InChI=1S/C33H39ClO5/c1-4-6-7-8-9-10-21-37-28-17-15-26(16-18-28)25-11-13-27(14-12-25)32(35)39-29-19-20-30(31(34)22-29)33(36)38-23-24(3)5-2/h11-20,22,24H,4-10,21,23H2,1-3H3. The summed E-state index contributed by atoms with van der Waals surface area (Å²) in [5.41, 5.74) is 2.66. The zero-order valence-electron chi connectivity index (χ0n) is 23.2. The van der Waals surface area contributed by atoms with Gasteiger partial charge in [0.15, 0.2) is 0 Å². The van der Waals surface area contributed by atoms with Crippen LogP contribution < -0.4 is 9.47 Å². The summed E-state index contributed by atoms with van der Waals surface area (Å²) in [6.07, 6.45) is 8.35. The Morgan fingerprint density at radius 2 is 1.38 bits per heavy atom. The minimum Gasteiger partial charge on any atom is -0.494 e. The van der Waals surface area contributed by atoms with Crippen LogP contribution in [0, 0.1) is 5.92 Å². The summed E-state index contributed by atoms with van der Waals surface area (Å²) in [4.78, 5) is 25.0. The molecule has 0 radical (unpaired) electrons. The molecule has 0 fully saturated rings. The molecule has 0 aliphatic carbocycles. The Morgan fingerprint density at radius 1 is 0.769 bits per heavy atom. The highest BCUT2D eigenvalue weighted by Crippen LogP contribution is 2.26. The number of carbonyl (C=O) groups excluding carboxylic acids is 2. The molecule has 39 heavy (non-hydrogen) atoms. The Balaban J connectivity index is 1.51. The van der Waals surface area contributed by atoms with Crippen LogP contribution in [0.4, 0.5) is 0 Å². The third kappa shape index (κ3) is 9.74. The number of hydrogen-bond acceptors (Lipinski definition) is 5. The molecule has 0 N–H and O–H groups in total. The topological polar surface area (TPSA) is 61.8 Å². The molecule has 0 spiro atoms. The fraction of sp³-hybridized carbons (Fsp3) is 0.394. The Hall–Kier alpha value is -3.31. The summed E-state index contributed by atoms with van der Waals surface area (Å²) in [5, 5.41) is 0.171. The molecule has 3 rings (SSSR count). The van der Waals surface area contributed by atoms with Crippen LogP contribution in [-0.2, 0) is 4.74 Å². The van der Waals surface area contributed by atoms with Crippen molar-refractivity contribution in [2.24, 2.45) is 5.92 Å². The zero-order valence-corrected chi connectivity index (χ0v) is 24.0. The van der Waals surface area contributed by atoms with E-state index in [-0.39, 0.29) is 22.3 Å². The number of hydrogen-bond donors (Lipinski definition) is 0. The summed E-state index contributed by atoms with van der Waals surface area (Å²) in [6, 6.07) is 19.7. The molecule has 0 saturated carbocycles. The number of rotatable bonds is 15. The first-order valence-corrected chi connectivity index (χ1v) is 14.3. The fourth-order valence-corrected chi connectivity index (χ4v) is 4.17. The Bertz CT molecular complexity index is 1190. The summed E-state index contributed by atoms with van der Waals surface area (Å²) < 4.78 is 16.6. The van der Waals surface area contributed by atoms with Crippen LogP contribution in [0.15, 0.2) is 66.7 Å². The van der Waals surface area contributed by atoms with E-state index < -0.39 is 11.9 Å². The summed E-state index contributed by atoms with van der Waals surface area (Å²) in [6.45, 7) is 7.33. The molecule has 0 aliphatic rings. The van der Waals surface area contributed by atoms with Gasteiger partial charge in [-0.2, -0.15) is 0 Å². The molecule has 1 atom stereocenters. The Labute approximate surface area is 237 Å². The van der Waals surface area contributed by atoms with Crippen molar-refractivity contribution in [1.82, 2.24) is 0 Å². The maximum Gasteiger partial charge on any atom is 0.343 e. The third-order valence-corrected chi connectivity index (χ3v) is 6.95. The molecule has 0 bridgehead atoms. The first-order valence-electron chi connectivity index (χ1n) is 13.9. The molecule has 6 heteroatoms. The van der Waals surface area contributed by atoms with Gasteiger partial charge < -0.3 is 14.2 Å². The molecular formula is C33H39ClO5. The van der Waals surface area contributed by atoms with Crippen molar-refractivity contribution in [2.75, 3.05) is 13.2 Å². The Morgan fingerprint density at radius 3 is 2.03 bits per heavy atom. The van der Waals surface area contributed by atoms with Crippen molar-refractivity contribution in [1.29, 1.82) is 0 Å². The maximum atomic E-state index is 12.7. The Kier molecular flexibility index (Phi) is 12.4. The van der Waals surface area contributed by atoms with E-state index in [1.165, 1.54) is 50.3 Å². The summed E-state index contributed by atoms with van der Waals surface area (Å²) in [5.74, 6) is 0.381. The predicted octanol–water partition coefficient (Wildman–Crippen LogP) is 9.17. The van der Waals surface area contributed by atoms with E-state index in [0.29, 0.717) is 12.2 Å². The fourth-order valence-electron chi connectivity index (χ4n) is 3.92. The lowest BCUT2D eigenvalue weighted by molar-refractivity contribution is 0.0447. The van der Waals surface area contributed by atoms with E-state index in [0.717, 1.165) is 36.3 Å². The van der Waals surface area contributed by atoms with E-state index in [1.54, 1.807) is 12.1 Å². The van der Waals surface area contributed by atoms with Crippen LogP contribution in [0.1, 0.15) is 86.4 Å². The first kappa shape index (κ1) is 30.2. The zero-order chi connectivity index (χ0) is 28.0. The molecule has 0 aliphatic heterocycles. The van der Waals surface area contributed by atoms with Gasteiger partial charge >= 0.3 is 11.9 Å². The lowest BCUT2D eigenvalue weighted by Crippen LogP contribution is -2.12. The van der Waals surface area contributed by atoms with Crippen LogP contribution in [0.5, 0.6) is 11.5 Å². The molecule has 0 amide bonds. The minimum atomic E-state index is -0.511. The van der Waals surface area contributed by atoms with Crippen molar-refractivity contribution in [3.8, 4) is 22.6 Å². The van der Waals surface area contributed by atoms with E-state index in [9.17, 15) is 9.59 Å². The third-order valence-electron chi connectivity index (χ3n) is 6.64. The second kappa shape index (κ2) is 15.9. The SMILES string of the molecule is CCCCCCCCOc1ccc(-c2ccc(C(=O)Oc3ccc(C(=O)OCC(C)CC)c(Cl)c3)cc2)cc1. The lowest BCUT2D eigenvalue weighted by atomic mass is 10.0. The second-order valence-electron chi connectivity index (χ2n) is 9.86. The van der Waals surface area contributed by atoms with Crippen molar-refractivity contribution in [2.45, 2.75) is 65.7 Å². The molecule has 5 nitrogen and oxygen atoms in total. The van der Waals surface area contributed by atoms with Gasteiger partial charge in [0.25, 0.3) is 0 Å². The van der Waals surface area contributed by atoms with Gasteiger partial charge in [-0.1, -0.05) is 95.2 Å². The highest BCUT2D eigenvalue weighted by molar-refractivity contribution is 6.33. The largest absolute Gasteiger partial charge is 0.494 e. The van der Waals surface area contributed by atoms with Gasteiger partial charge in [-0.3, -0.25) is 0 Å². The smallest absolute Gasteiger partial charge is 0.343 e. The number of esters is 2. The quantitative estimate of drug-likeness (QED) is 0.107. The first-order chi connectivity index (χ1) is 18.9. The molecule has 0 saturated heterocycles. The molecule has 3 aromatic rings.